The second-order valence-electron chi connectivity index (χ2n) is 6.82. The first-order chi connectivity index (χ1) is 11.3. The summed E-state index contributed by atoms with van der Waals surface area (Å²) in [5, 5.41) is 5.43. The summed E-state index contributed by atoms with van der Waals surface area (Å²) in [6.07, 6.45) is 1.55. The lowest BCUT2D eigenvalue weighted by Crippen LogP contribution is -2.44. The van der Waals surface area contributed by atoms with Crippen molar-refractivity contribution >= 4 is 11.8 Å². The molecule has 1 heterocycles. The van der Waals surface area contributed by atoms with Crippen molar-refractivity contribution < 1.29 is 14.0 Å². The van der Waals surface area contributed by atoms with Crippen LogP contribution in [0.1, 0.15) is 49.4 Å². The van der Waals surface area contributed by atoms with E-state index in [4.69, 9.17) is 4.42 Å². The molecule has 0 fully saturated rings. The van der Waals surface area contributed by atoms with Crippen LogP contribution in [0.5, 0.6) is 0 Å². The Bertz CT molecular complexity index is 682. The van der Waals surface area contributed by atoms with E-state index in [9.17, 15) is 9.59 Å². The molecule has 0 saturated heterocycles. The van der Waals surface area contributed by atoms with Gasteiger partial charge in [-0.2, -0.15) is 0 Å². The van der Waals surface area contributed by atoms with Crippen LogP contribution in [-0.2, 0) is 16.8 Å². The van der Waals surface area contributed by atoms with Crippen LogP contribution in [0.15, 0.2) is 47.1 Å². The number of carbonyl (C=O) groups excluding carboxylic acids is 2. The summed E-state index contributed by atoms with van der Waals surface area (Å²) < 4.78 is 5.15. The largest absolute Gasteiger partial charge is 0.467 e. The van der Waals surface area contributed by atoms with Gasteiger partial charge in [0.2, 0.25) is 5.91 Å². The van der Waals surface area contributed by atoms with Crippen molar-refractivity contribution in [3.63, 3.8) is 0 Å². The van der Waals surface area contributed by atoms with Gasteiger partial charge in [0, 0.05) is 5.56 Å². The SMILES string of the molecule is C[C@H](NC(=O)c1ccc(C(C)(C)C)cc1)C(=O)NCc1ccco1. The Labute approximate surface area is 142 Å². The fourth-order valence-electron chi connectivity index (χ4n) is 2.21. The molecule has 1 aromatic carbocycles. The third-order valence-electron chi connectivity index (χ3n) is 3.77. The zero-order valence-corrected chi connectivity index (χ0v) is 14.6. The van der Waals surface area contributed by atoms with E-state index in [0.29, 0.717) is 17.9 Å². The first-order valence-electron chi connectivity index (χ1n) is 7.99. The van der Waals surface area contributed by atoms with Gasteiger partial charge in [0.1, 0.15) is 11.8 Å². The first-order valence-corrected chi connectivity index (χ1v) is 7.99. The molecule has 5 heteroatoms. The van der Waals surface area contributed by atoms with E-state index in [1.54, 1.807) is 37.5 Å². The maximum Gasteiger partial charge on any atom is 0.251 e. The summed E-state index contributed by atoms with van der Waals surface area (Å²) in [5.41, 5.74) is 1.73. The molecular formula is C19H24N2O3. The van der Waals surface area contributed by atoms with Crippen molar-refractivity contribution in [1.82, 2.24) is 10.6 Å². The Kier molecular flexibility index (Phi) is 5.44. The number of hydrogen-bond donors (Lipinski definition) is 2. The molecule has 2 rings (SSSR count). The van der Waals surface area contributed by atoms with Crippen molar-refractivity contribution in [1.29, 1.82) is 0 Å². The molecule has 2 aromatic rings. The van der Waals surface area contributed by atoms with E-state index in [2.05, 4.69) is 31.4 Å². The topological polar surface area (TPSA) is 71.3 Å². The van der Waals surface area contributed by atoms with Crippen LogP contribution in [0.25, 0.3) is 0 Å². The molecule has 1 aromatic heterocycles. The lowest BCUT2D eigenvalue weighted by atomic mass is 9.86. The van der Waals surface area contributed by atoms with Gasteiger partial charge in [-0.25, -0.2) is 0 Å². The molecule has 128 valence electrons. The number of benzene rings is 1. The minimum absolute atomic E-state index is 0.0357. The molecule has 0 radical (unpaired) electrons. The van der Waals surface area contributed by atoms with Crippen LogP contribution in [-0.4, -0.2) is 17.9 Å². The summed E-state index contributed by atoms with van der Waals surface area (Å²) in [5.74, 6) is 0.141. The molecule has 0 saturated carbocycles. The number of rotatable bonds is 5. The van der Waals surface area contributed by atoms with Gasteiger partial charge < -0.3 is 15.1 Å². The van der Waals surface area contributed by atoms with Crippen molar-refractivity contribution in [2.45, 2.75) is 45.7 Å². The first kappa shape index (κ1) is 17.8. The van der Waals surface area contributed by atoms with E-state index in [1.165, 1.54) is 0 Å². The average Bonchev–Trinajstić information content (AvgIpc) is 3.05. The third kappa shape index (κ3) is 4.72. The molecule has 2 amide bonds. The Morgan fingerprint density at radius 2 is 1.79 bits per heavy atom. The third-order valence-corrected chi connectivity index (χ3v) is 3.77. The molecule has 0 bridgehead atoms. The monoisotopic (exact) mass is 328 g/mol. The average molecular weight is 328 g/mol. The summed E-state index contributed by atoms with van der Waals surface area (Å²) >= 11 is 0. The highest BCUT2D eigenvalue weighted by atomic mass is 16.3. The Morgan fingerprint density at radius 1 is 1.12 bits per heavy atom. The van der Waals surface area contributed by atoms with Gasteiger partial charge in [-0.05, 0) is 42.2 Å². The van der Waals surface area contributed by atoms with Gasteiger partial charge in [0.25, 0.3) is 5.91 Å². The maximum absolute atomic E-state index is 12.2. The van der Waals surface area contributed by atoms with Crippen molar-refractivity contribution in [2.75, 3.05) is 0 Å². The van der Waals surface area contributed by atoms with Gasteiger partial charge in [-0.3, -0.25) is 9.59 Å². The summed E-state index contributed by atoms with van der Waals surface area (Å²) in [6, 6.07) is 10.4. The summed E-state index contributed by atoms with van der Waals surface area (Å²) in [6.45, 7) is 8.31. The van der Waals surface area contributed by atoms with E-state index in [1.807, 2.05) is 12.1 Å². The van der Waals surface area contributed by atoms with Crippen LogP contribution in [0.4, 0.5) is 0 Å². The number of furan rings is 1. The van der Waals surface area contributed by atoms with Gasteiger partial charge in [0.05, 0.1) is 12.8 Å². The molecule has 24 heavy (non-hydrogen) atoms. The highest BCUT2D eigenvalue weighted by molar-refractivity contribution is 5.97. The summed E-state index contributed by atoms with van der Waals surface area (Å²) in [7, 11) is 0. The fraction of sp³-hybridized carbons (Fsp3) is 0.368. The lowest BCUT2D eigenvalue weighted by molar-refractivity contribution is -0.122. The predicted molar refractivity (Wildman–Crippen MR) is 92.6 cm³/mol. The minimum atomic E-state index is -0.630. The number of nitrogens with one attached hydrogen (secondary N) is 2. The minimum Gasteiger partial charge on any atom is -0.467 e. The summed E-state index contributed by atoms with van der Waals surface area (Å²) in [4.78, 5) is 24.3. The normalized spacial score (nSPS) is 12.5. The number of carbonyl (C=O) groups is 2. The second-order valence-corrected chi connectivity index (χ2v) is 6.82. The van der Waals surface area contributed by atoms with Crippen LogP contribution < -0.4 is 10.6 Å². The van der Waals surface area contributed by atoms with Crippen molar-refractivity contribution in [2.24, 2.45) is 0 Å². The molecule has 0 aliphatic carbocycles. The van der Waals surface area contributed by atoms with E-state index >= 15 is 0 Å². The maximum atomic E-state index is 12.2. The Balaban J connectivity index is 1.89. The molecular weight excluding hydrogens is 304 g/mol. The standard InChI is InChI=1S/C19H24N2O3/c1-13(17(22)20-12-16-6-5-11-24-16)21-18(23)14-7-9-15(10-8-14)19(2,3)4/h5-11,13H,12H2,1-4H3,(H,20,22)(H,21,23)/t13-/m0/s1. The van der Waals surface area contributed by atoms with Crippen molar-refractivity contribution in [3.05, 3.63) is 59.5 Å². The molecule has 2 N–H and O–H groups in total. The van der Waals surface area contributed by atoms with Crippen LogP contribution in [0.2, 0.25) is 0 Å². The van der Waals surface area contributed by atoms with Crippen molar-refractivity contribution in [3.8, 4) is 0 Å². The highest BCUT2D eigenvalue weighted by Gasteiger charge is 2.18. The molecule has 0 aliphatic rings. The van der Waals surface area contributed by atoms with Crippen LogP contribution >= 0.6 is 0 Å². The molecule has 1 atom stereocenters. The smallest absolute Gasteiger partial charge is 0.251 e. The Morgan fingerprint density at radius 3 is 2.33 bits per heavy atom. The highest BCUT2D eigenvalue weighted by Crippen LogP contribution is 2.22. The predicted octanol–water partition coefficient (Wildman–Crippen LogP) is 3.01. The fourth-order valence-corrected chi connectivity index (χ4v) is 2.21. The van der Waals surface area contributed by atoms with Gasteiger partial charge >= 0.3 is 0 Å². The van der Waals surface area contributed by atoms with Gasteiger partial charge in [-0.15, -0.1) is 0 Å². The number of amides is 2. The molecule has 0 aliphatic heterocycles. The Hall–Kier alpha value is -2.56. The van der Waals surface area contributed by atoms with E-state index < -0.39 is 6.04 Å². The zero-order chi connectivity index (χ0) is 17.7. The van der Waals surface area contributed by atoms with Crippen LogP contribution in [0.3, 0.4) is 0 Å². The second kappa shape index (κ2) is 7.34. The van der Waals surface area contributed by atoms with E-state index in [-0.39, 0.29) is 17.2 Å². The van der Waals surface area contributed by atoms with E-state index in [0.717, 1.165) is 5.56 Å². The number of hydrogen-bond acceptors (Lipinski definition) is 3. The van der Waals surface area contributed by atoms with Gasteiger partial charge in [0.15, 0.2) is 0 Å². The molecule has 5 nitrogen and oxygen atoms in total. The van der Waals surface area contributed by atoms with Crippen LogP contribution in [0, 0.1) is 0 Å². The van der Waals surface area contributed by atoms with Gasteiger partial charge in [-0.1, -0.05) is 32.9 Å². The lowest BCUT2D eigenvalue weighted by Gasteiger charge is -2.19. The zero-order valence-electron chi connectivity index (χ0n) is 14.6. The molecule has 0 unspecified atom stereocenters. The quantitative estimate of drug-likeness (QED) is 0.886. The molecule has 0 spiro atoms.